The Kier molecular flexibility index (Phi) is 4.13. The molecule has 0 unspecified atom stereocenters. The summed E-state index contributed by atoms with van der Waals surface area (Å²) in [5, 5.41) is 10.5. The molecule has 8 nitrogen and oxygen atoms in total. The van der Waals surface area contributed by atoms with E-state index in [-0.39, 0.29) is 12.0 Å². The second-order valence-corrected chi connectivity index (χ2v) is 6.79. The van der Waals surface area contributed by atoms with Gasteiger partial charge in [-0.05, 0) is 39.0 Å². The number of piperazine rings is 1. The van der Waals surface area contributed by atoms with Crippen molar-refractivity contribution in [1.82, 2.24) is 25.2 Å². The molecule has 1 aliphatic rings. The topological polar surface area (TPSA) is 91.4 Å². The molecule has 0 bridgehead atoms. The highest BCUT2D eigenvalue weighted by Gasteiger charge is 2.28. The first kappa shape index (κ1) is 16.2. The van der Waals surface area contributed by atoms with Crippen LogP contribution in [0.3, 0.4) is 0 Å². The van der Waals surface area contributed by atoms with Crippen LogP contribution in [0.15, 0.2) is 18.2 Å². The number of amides is 2. The van der Waals surface area contributed by atoms with Crippen LogP contribution in [0.5, 0.6) is 0 Å². The molecule has 1 saturated heterocycles. The van der Waals surface area contributed by atoms with Crippen LogP contribution in [0.25, 0.3) is 11.0 Å². The average Bonchev–Trinajstić information content (AvgIpc) is 3.00. The summed E-state index contributed by atoms with van der Waals surface area (Å²) in [4.78, 5) is 28.0. The van der Waals surface area contributed by atoms with E-state index in [0.29, 0.717) is 37.3 Å². The number of nitrogens with one attached hydrogen (secondary N) is 1. The molecule has 0 aliphatic carbocycles. The lowest BCUT2D eigenvalue weighted by Gasteiger charge is -2.35. The van der Waals surface area contributed by atoms with Crippen LogP contribution in [-0.2, 0) is 4.74 Å². The maximum Gasteiger partial charge on any atom is 0.410 e. The molecule has 3 rings (SSSR count). The molecule has 2 aromatic rings. The highest BCUT2D eigenvalue weighted by atomic mass is 16.6. The van der Waals surface area contributed by atoms with Crippen molar-refractivity contribution >= 4 is 23.0 Å². The number of aromatic amines is 1. The van der Waals surface area contributed by atoms with Crippen LogP contribution in [0.4, 0.5) is 4.79 Å². The van der Waals surface area contributed by atoms with Gasteiger partial charge in [-0.15, -0.1) is 0 Å². The predicted molar refractivity (Wildman–Crippen MR) is 87.6 cm³/mol. The molecular weight excluding hydrogens is 310 g/mol. The summed E-state index contributed by atoms with van der Waals surface area (Å²) in [6.45, 7) is 7.41. The zero-order valence-corrected chi connectivity index (χ0v) is 14.1. The molecule has 2 heterocycles. The van der Waals surface area contributed by atoms with Crippen LogP contribution in [0.2, 0.25) is 0 Å². The molecule has 128 valence electrons. The van der Waals surface area contributed by atoms with Crippen molar-refractivity contribution in [3.63, 3.8) is 0 Å². The Morgan fingerprint density at radius 1 is 1.04 bits per heavy atom. The van der Waals surface area contributed by atoms with Gasteiger partial charge in [0.05, 0.1) is 0 Å². The maximum absolute atomic E-state index is 12.6. The Bertz CT molecular complexity index is 756. The smallest absolute Gasteiger partial charge is 0.410 e. The number of carbonyl (C=O) groups is 2. The Hall–Kier alpha value is -2.64. The second kappa shape index (κ2) is 6.10. The molecule has 0 radical (unpaired) electrons. The Morgan fingerprint density at radius 3 is 2.33 bits per heavy atom. The number of ether oxygens (including phenoxy) is 1. The number of rotatable bonds is 1. The third-order valence-corrected chi connectivity index (χ3v) is 3.78. The van der Waals surface area contributed by atoms with Crippen molar-refractivity contribution < 1.29 is 14.3 Å². The quantitative estimate of drug-likeness (QED) is 0.858. The summed E-state index contributed by atoms with van der Waals surface area (Å²) in [5.74, 6) is -0.0660. The Balaban J connectivity index is 1.61. The van der Waals surface area contributed by atoms with Gasteiger partial charge >= 0.3 is 6.09 Å². The van der Waals surface area contributed by atoms with Gasteiger partial charge in [0.2, 0.25) is 0 Å². The van der Waals surface area contributed by atoms with E-state index in [1.165, 1.54) is 0 Å². The van der Waals surface area contributed by atoms with Gasteiger partial charge in [0, 0.05) is 31.7 Å². The number of hydrogen-bond donors (Lipinski definition) is 1. The Morgan fingerprint density at radius 2 is 1.67 bits per heavy atom. The standard InChI is InChI=1S/C16H21N5O3/c1-16(2,3)24-15(23)21-8-6-20(7-9-21)14(22)11-4-5-12-13(10-11)18-19-17-12/h4-5,10H,6-9H2,1-3H3,(H,17,18,19). The van der Waals surface area contributed by atoms with Gasteiger partial charge in [-0.3, -0.25) is 4.79 Å². The van der Waals surface area contributed by atoms with Crippen LogP contribution in [0, 0.1) is 0 Å². The molecule has 8 heteroatoms. The van der Waals surface area contributed by atoms with Gasteiger partial charge in [0.25, 0.3) is 5.91 Å². The highest BCUT2D eigenvalue weighted by Crippen LogP contribution is 2.15. The zero-order chi connectivity index (χ0) is 17.3. The third kappa shape index (κ3) is 3.47. The van der Waals surface area contributed by atoms with Crippen molar-refractivity contribution in [3.8, 4) is 0 Å². The molecule has 0 spiro atoms. The predicted octanol–water partition coefficient (Wildman–Crippen LogP) is 1.65. The van der Waals surface area contributed by atoms with Crippen LogP contribution in [-0.4, -0.2) is 69.0 Å². The second-order valence-electron chi connectivity index (χ2n) is 6.79. The van der Waals surface area contributed by atoms with Gasteiger partial charge in [0.15, 0.2) is 0 Å². The Labute approximate surface area is 139 Å². The number of H-pyrrole nitrogens is 1. The number of hydrogen-bond acceptors (Lipinski definition) is 5. The number of nitrogens with zero attached hydrogens (tertiary/aromatic N) is 4. The molecule has 1 fully saturated rings. The minimum absolute atomic E-state index is 0.0660. The SMILES string of the molecule is CC(C)(C)OC(=O)N1CCN(C(=O)c2ccc3n[nH]nc3c2)CC1. The van der Waals surface area contributed by atoms with E-state index in [0.717, 1.165) is 5.52 Å². The number of carbonyl (C=O) groups excluding carboxylic acids is 2. The summed E-state index contributed by atoms with van der Waals surface area (Å²) in [6.07, 6.45) is -0.335. The van der Waals surface area contributed by atoms with Crippen molar-refractivity contribution in [3.05, 3.63) is 23.8 Å². The zero-order valence-electron chi connectivity index (χ0n) is 14.1. The van der Waals surface area contributed by atoms with Crippen molar-refractivity contribution in [2.75, 3.05) is 26.2 Å². The van der Waals surface area contributed by atoms with Crippen molar-refractivity contribution in [2.45, 2.75) is 26.4 Å². The van der Waals surface area contributed by atoms with E-state index in [9.17, 15) is 9.59 Å². The van der Waals surface area contributed by atoms with E-state index < -0.39 is 5.60 Å². The fraction of sp³-hybridized carbons (Fsp3) is 0.500. The van der Waals surface area contributed by atoms with E-state index in [1.807, 2.05) is 20.8 Å². The maximum atomic E-state index is 12.6. The number of aromatic nitrogens is 3. The lowest BCUT2D eigenvalue weighted by atomic mass is 10.1. The molecule has 0 atom stereocenters. The highest BCUT2D eigenvalue weighted by molar-refractivity contribution is 5.97. The molecular formula is C16H21N5O3. The average molecular weight is 331 g/mol. The minimum atomic E-state index is -0.517. The summed E-state index contributed by atoms with van der Waals surface area (Å²) in [6, 6.07) is 5.23. The van der Waals surface area contributed by atoms with Gasteiger partial charge in [-0.25, -0.2) is 4.79 Å². The van der Waals surface area contributed by atoms with E-state index in [4.69, 9.17) is 4.74 Å². The first-order chi connectivity index (χ1) is 11.3. The summed E-state index contributed by atoms with van der Waals surface area (Å²) < 4.78 is 5.36. The molecule has 0 saturated carbocycles. The van der Waals surface area contributed by atoms with Gasteiger partial charge in [0.1, 0.15) is 16.6 Å². The summed E-state index contributed by atoms with van der Waals surface area (Å²) in [5.41, 5.74) is 1.44. The first-order valence-corrected chi connectivity index (χ1v) is 7.91. The fourth-order valence-electron chi connectivity index (χ4n) is 2.57. The largest absolute Gasteiger partial charge is 0.444 e. The van der Waals surface area contributed by atoms with Crippen LogP contribution < -0.4 is 0 Å². The van der Waals surface area contributed by atoms with E-state index in [1.54, 1.807) is 28.0 Å². The first-order valence-electron chi connectivity index (χ1n) is 7.91. The van der Waals surface area contributed by atoms with Crippen LogP contribution in [0.1, 0.15) is 31.1 Å². The molecule has 1 aromatic heterocycles. The van der Waals surface area contributed by atoms with Crippen molar-refractivity contribution in [1.29, 1.82) is 0 Å². The van der Waals surface area contributed by atoms with E-state index >= 15 is 0 Å². The molecule has 1 N–H and O–H groups in total. The molecule has 2 amide bonds. The number of benzene rings is 1. The molecule has 1 aromatic carbocycles. The molecule has 24 heavy (non-hydrogen) atoms. The monoisotopic (exact) mass is 331 g/mol. The third-order valence-electron chi connectivity index (χ3n) is 3.78. The van der Waals surface area contributed by atoms with Crippen LogP contribution >= 0.6 is 0 Å². The van der Waals surface area contributed by atoms with Gasteiger partial charge < -0.3 is 14.5 Å². The molecule has 1 aliphatic heterocycles. The van der Waals surface area contributed by atoms with Gasteiger partial charge in [-0.2, -0.15) is 15.4 Å². The number of fused-ring (bicyclic) bond motifs is 1. The lowest BCUT2D eigenvalue weighted by molar-refractivity contribution is 0.0141. The van der Waals surface area contributed by atoms with Crippen molar-refractivity contribution in [2.24, 2.45) is 0 Å². The minimum Gasteiger partial charge on any atom is -0.444 e. The fourth-order valence-corrected chi connectivity index (χ4v) is 2.57. The lowest BCUT2D eigenvalue weighted by Crippen LogP contribution is -2.51. The summed E-state index contributed by atoms with van der Waals surface area (Å²) in [7, 11) is 0. The van der Waals surface area contributed by atoms with E-state index in [2.05, 4.69) is 15.4 Å². The normalized spacial score (nSPS) is 15.6. The summed E-state index contributed by atoms with van der Waals surface area (Å²) >= 11 is 0. The van der Waals surface area contributed by atoms with Gasteiger partial charge in [-0.1, -0.05) is 0 Å².